The number of rotatable bonds is 4. The number of hydrogen-bond donors (Lipinski definition) is 0. The van der Waals surface area contributed by atoms with Gasteiger partial charge in [-0.15, -0.1) is 0 Å². The van der Waals surface area contributed by atoms with Crippen molar-refractivity contribution in [3.63, 3.8) is 0 Å². The minimum atomic E-state index is -0.261. The third-order valence-electron chi connectivity index (χ3n) is 5.02. The van der Waals surface area contributed by atoms with Crippen molar-refractivity contribution in [2.75, 3.05) is 26.2 Å². The smallest absolute Gasteiger partial charge is 0.247 e. The molecule has 2 aromatic rings. The summed E-state index contributed by atoms with van der Waals surface area (Å²) in [4.78, 5) is 17.1. The van der Waals surface area contributed by atoms with Gasteiger partial charge in [0.2, 0.25) is 5.91 Å². The Morgan fingerprint density at radius 1 is 1.20 bits per heavy atom. The number of amides is 1. The average Bonchev–Trinajstić information content (AvgIpc) is 3.09. The summed E-state index contributed by atoms with van der Waals surface area (Å²) in [6.07, 6.45) is 0. The SMILES string of the molecule is Cc1cc(C)n([C@@H](C)C(=O)N2CCN(Cc3c(C)noc3C)CC2)n1. The van der Waals surface area contributed by atoms with E-state index in [2.05, 4.69) is 15.2 Å². The second-order valence-electron chi connectivity index (χ2n) is 6.95. The van der Waals surface area contributed by atoms with Crippen LogP contribution in [0.5, 0.6) is 0 Å². The summed E-state index contributed by atoms with van der Waals surface area (Å²) in [6, 6.07) is 1.74. The van der Waals surface area contributed by atoms with Crippen LogP contribution in [0.4, 0.5) is 0 Å². The Kier molecular flexibility index (Phi) is 4.94. The van der Waals surface area contributed by atoms with Gasteiger partial charge in [-0.2, -0.15) is 5.10 Å². The maximum Gasteiger partial charge on any atom is 0.247 e. The Morgan fingerprint density at radius 2 is 1.88 bits per heavy atom. The van der Waals surface area contributed by atoms with Crippen molar-refractivity contribution in [3.8, 4) is 0 Å². The molecular formula is C18H27N5O2. The van der Waals surface area contributed by atoms with E-state index in [-0.39, 0.29) is 11.9 Å². The molecule has 0 aliphatic carbocycles. The Hall–Kier alpha value is -2.15. The van der Waals surface area contributed by atoms with Crippen LogP contribution in [0.2, 0.25) is 0 Å². The Balaban J connectivity index is 1.58. The number of carbonyl (C=O) groups is 1. The highest BCUT2D eigenvalue weighted by atomic mass is 16.5. The number of aromatic nitrogens is 3. The zero-order valence-corrected chi connectivity index (χ0v) is 15.7. The fourth-order valence-corrected chi connectivity index (χ4v) is 3.48. The minimum absolute atomic E-state index is 0.142. The van der Waals surface area contributed by atoms with Gasteiger partial charge in [0.05, 0.1) is 11.4 Å². The van der Waals surface area contributed by atoms with Crippen molar-refractivity contribution >= 4 is 5.91 Å². The molecule has 1 amide bonds. The topological polar surface area (TPSA) is 67.4 Å². The van der Waals surface area contributed by atoms with Crippen LogP contribution in [0.3, 0.4) is 0 Å². The van der Waals surface area contributed by atoms with Crippen molar-refractivity contribution in [1.29, 1.82) is 0 Å². The van der Waals surface area contributed by atoms with Gasteiger partial charge < -0.3 is 9.42 Å². The lowest BCUT2D eigenvalue weighted by Gasteiger charge is -2.36. The number of carbonyl (C=O) groups excluding carboxylic acids is 1. The molecule has 0 aromatic carbocycles. The number of nitrogens with zero attached hydrogens (tertiary/aromatic N) is 5. The number of piperazine rings is 1. The first-order valence-electron chi connectivity index (χ1n) is 8.82. The summed E-state index contributed by atoms with van der Waals surface area (Å²) >= 11 is 0. The third kappa shape index (κ3) is 3.61. The lowest BCUT2D eigenvalue weighted by molar-refractivity contribution is -0.136. The van der Waals surface area contributed by atoms with E-state index in [0.29, 0.717) is 0 Å². The first-order chi connectivity index (χ1) is 11.9. The summed E-state index contributed by atoms with van der Waals surface area (Å²) in [5.41, 5.74) is 4.08. The molecule has 7 nitrogen and oxygen atoms in total. The molecular weight excluding hydrogens is 318 g/mol. The molecule has 0 radical (unpaired) electrons. The highest BCUT2D eigenvalue weighted by Crippen LogP contribution is 2.18. The third-order valence-corrected chi connectivity index (χ3v) is 5.02. The largest absolute Gasteiger partial charge is 0.361 e. The second-order valence-corrected chi connectivity index (χ2v) is 6.95. The van der Waals surface area contributed by atoms with Gasteiger partial charge in [-0.1, -0.05) is 5.16 Å². The van der Waals surface area contributed by atoms with Crippen LogP contribution < -0.4 is 0 Å². The Labute approximate surface area is 148 Å². The lowest BCUT2D eigenvalue weighted by atomic mass is 10.1. The molecule has 0 N–H and O–H groups in total. The molecule has 136 valence electrons. The quantitative estimate of drug-likeness (QED) is 0.848. The number of hydrogen-bond acceptors (Lipinski definition) is 5. The predicted molar refractivity (Wildman–Crippen MR) is 94.2 cm³/mol. The van der Waals surface area contributed by atoms with Gasteiger partial charge in [-0.25, -0.2) is 0 Å². The first kappa shape index (κ1) is 17.7. The van der Waals surface area contributed by atoms with Crippen molar-refractivity contribution in [1.82, 2.24) is 24.7 Å². The van der Waals surface area contributed by atoms with Crippen molar-refractivity contribution in [2.45, 2.75) is 47.2 Å². The fraction of sp³-hybridized carbons (Fsp3) is 0.611. The van der Waals surface area contributed by atoms with Gasteiger partial charge >= 0.3 is 0 Å². The van der Waals surface area contributed by atoms with E-state index in [1.54, 1.807) is 0 Å². The molecule has 1 aliphatic rings. The molecule has 0 unspecified atom stereocenters. The Morgan fingerprint density at radius 3 is 2.40 bits per heavy atom. The standard InChI is InChI=1S/C18H27N5O2/c1-12-10-13(2)23(19-12)15(4)18(24)22-8-6-21(7-9-22)11-17-14(3)20-25-16(17)5/h10,15H,6-9,11H2,1-5H3/t15-/m0/s1. The highest BCUT2D eigenvalue weighted by molar-refractivity contribution is 5.80. The van der Waals surface area contributed by atoms with Gasteiger partial charge in [-0.3, -0.25) is 14.4 Å². The van der Waals surface area contributed by atoms with E-state index in [9.17, 15) is 4.79 Å². The summed E-state index contributed by atoms with van der Waals surface area (Å²) in [7, 11) is 0. The van der Waals surface area contributed by atoms with Crippen LogP contribution in [0.25, 0.3) is 0 Å². The highest BCUT2D eigenvalue weighted by Gasteiger charge is 2.27. The molecule has 2 aromatic heterocycles. The van der Waals surface area contributed by atoms with E-state index in [1.807, 2.05) is 50.3 Å². The van der Waals surface area contributed by atoms with Crippen molar-refractivity contribution < 1.29 is 9.32 Å². The fourth-order valence-electron chi connectivity index (χ4n) is 3.48. The molecule has 7 heteroatoms. The first-order valence-corrected chi connectivity index (χ1v) is 8.82. The lowest BCUT2D eigenvalue weighted by Crippen LogP contribution is -2.50. The monoisotopic (exact) mass is 345 g/mol. The molecule has 0 saturated carbocycles. The molecule has 3 rings (SSSR count). The summed E-state index contributed by atoms with van der Waals surface area (Å²) in [5, 5.41) is 8.47. The zero-order chi connectivity index (χ0) is 18.1. The van der Waals surface area contributed by atoms with Crippen molar-refractivity contribution in [3.05, 3.63) is 34.5 Å². The van der Waals surface area contributed by atoms with Crippen LogP contribution in [0.15, 0.2) is 10.6 Å². The second kappa shape index (κ2) is 7.00. The minimum Gasteiger partial charge on any atom is -0.361 e. The molecule has 1 saturated heterocycles. The summed E-state index contributed by atoms with van der Waals surface area (Å²) in [5.74, 6) is 1.03. The van der Waals surface area contributed by atoms with Crippen LogP contribution in [0.1, 0.15) is 41.4 Å². The number of aryl methyl sites for hydroxylation is 4. The molecule has 0 bridgehead atoms. The van der Waals surface area contributed by atoms with E-state index in [4.69, 9.17) is 4.52 Å². The van der Waals surface area contributed by atoms with E-state index in [1.165, 1.54) is 0 Å². The van der Waals surface area contributed by atoms with Crippen LogP contribution >= 0.6 is 0 Å². The summed E-state index contributed by atoms with van der Waals surface area (Å²) < 4.78 is 7.07. The molecule has 1 atom stereocenters. The van der Waals surface area contributed by atoms with Gasteiger partial charge in [0.1, 0.15) is 11.8 Å². The molecule has 1 aliphatic heterocycles. The average molecular weight is 345 g/mol. The maximum atomic E-state index is 12.8. The van der Waals surface area contributed by atoms with Crippen LogP contribution in [0, 0.1) is 27.7 Å². The predicted octanol–water partition coefficient (Wildman–Crippen LogP) is 2.01. The maximum absolute atomic E-state index is 12.8. The van der Waals surface area contributed by atoms with Gasteiger partial charge in [0.15, 0.2) is 0 Å². The zero-order valence-electron chi connectivity index (χ0n) is 15.7. The van der Waals surface area contributed by atoms with Gasteiger partial charge in [-0.05, 0) is 40.7 Å². The molecule has 25 heavy (non-hydrogen) atoms. The van der Waals surface area contributed by atoms with E-state index >= 15 is 0 Å². The van der Waals surface area contributed by atoms with E-state index in [0.717, 1.165) is 61.1 Å². The summed E-state index contributed by atoms with van der Waals surface area (Å²) in [6.45, 7) is 13.8. The van der Waals surface area contributed by atoms with Crippen LogP contribution in [-0.2, 0) is 11.3 Å². The van der Waals surface area contributed by atoms with Gasteiger partial charge in [0, 0.05) is 44.0 Å². The van der Waals surface area contributed by atoms with Crippen molar-refractivity contribution in [2.24, 2.45) is 0 Å². The molecule has 3 heterocycles. The molecule has 1 fully saturated rings. The molecule has 0 spiro atoms. The van der Waals surface area contributed by atoms with Crippen LogP contribution in [-0.4, -0.2) is 56.8 Å². The van der Waals surface area contributed by atoms with E-state index < -0.39 is 0 Å². The Bertz CT molecular complexity index is 736. The normalized spacial score (nSPS) is 17.1. The van der Waals surface area contributed by atoms with Gasteiger partial charge in [0.25, 0.3) is 0 Å².